The summed E-state index contributed by atoms with van der Waals surface area (Å²) in [7, 11) is -4.24. The quantitative estimate of drug-likeness (QED) is 0.821. The number of halogens is 2. The van der Waals surface area contributed by atoms with Crippen LogP contribution in [0.25, 0.3) is 0 Å². The molecule has 21 heavy (non-hydrogen) atoms. The molecular formula is C12H14BrFN2O4S. The standard InChI is InChI=1S/C12H14BrFN2O4S/c13-9-6-10(14)11(21(15,18)19)5-8(9)12(17)16-7-1-3-20-4-2-7/h5-7H,1-4H2,(H,16,17)(H2,15,18,19). The van der Waals surface area contributed by atoms with Gasteiger partial charge in [-0.1, -0.05) is 0 Å². The molecule has 3 N–H and O–H groups in total. The van der Waals surface area contributed by atoms with Crippen molar-refractivity contribution in [1.82, 2.24) is 5.32 Å². The second kappa shape index (κ2) is 6.39. The van der Waals surface area contributed by atoms with Gasteiger partial charge in [0.25, 0.3) is 5.91 Å². The molecule has 1 aromatic rings. The summed E-state index contributed by atoms with van der Waals surface area (Å²) < 4.78 is 41.6. The van der Waals surface area contributed by atoms with E-state index in [4.69, 9.17) is 9.88 Å². The maximum Gasteiger partial charge on any atom is 0.252 e. The number of ether oxygens (including phenoxy) is 1. The molecule has 0 aromatic heterocycles. The van der Waals surface area contributed by atoms with Crippen LogP contribution in [0, 0.1) is 5.82 Å². The highest BCUT2D eigenvalue weighted by atomic mass is 79.9. The second-order valence-electron chi connectivity index (χ2n) is 4.67. The molecular weight excluding hydrogens is 367 g/mol. The fourth-order valence-electron chi connectivity index (χ4n) is 2.03. The Morgan fingerprint density at radius 3 is 2.57 bits per heavy atom. The van der Waals surface area contributed by atoms with Crippen LogP contribution in [-0.2, 0) is 14.8 Å². The largest absolute Gasteiger partial charge is 0.381 e. The first-order valence-corrected chi connectivity index (χ1v) is 8.53. The summed E-state index contributed by atoms with van der Waals surface area (Å²) in [6, 6.07) is 1.79. The van der Waals surface area contributed by atoms with Crippen molar-refractivity contribution in [3.8, 4) is 0 Å². The SMILES string of the molecule is NS(=O)(=O)c1cc(C(=O)NC2CCOCC2)c(Br)cc1F. The molecule has 1 heterocycles. The van der Waals surface area contributed by atoms with Crippen molar-refractivity contribution >= 4 is 31.9 Å². The molecule has 116 valence electrons. The van der Waals surface area contributed by atoms with E-state index in [1.54, 1.807) is 0 Å². The number of carbonyl (C=O) groups excluding carboxylic acids is 1. The van der Waals surface area contributed by atoms with Crippen LogP contribution in [0.4, 0.5) is 4.39 Å². The molecule has 1 aliphatic rings. The van der Waals surface area contributed by atoms with Gasteiger partial charge >= 0.3 is 0 Å². The first kappa shape index (κ1) is 16.3. The lowest BCUT2D eigenvalue weighted by Gasteiger charge is -2.23. The number of nitrogens with two attached hydrogens (primary N) is 1. The highest BCUT2D eigenvalue weighted by molar-refractivity contribution is 9.10. The lowest BCUT2D eigenvalue weighted by Crippen LogP contribution is -2.39. The summed E-state index contributed by atoms with van der Waals surface area (Å²) >= 11 is 3.05. The minimum atomic E-state index is -4.24. The van der Waals surface area contributed by atoms with Gasteiger partial charge < -0.3 is 10.1 Å². The van der Waals surface area contributed by atoms with Gasteiger partial charge in [0.05, 0.1) is 5.56 Å². The summed E-state index contributed by atoms with van der Waals surface area (Å²) in [5.41, 5.74) is 0.0203. The molecule has 0 aliphatic carbocycles. The number of primary sulfonamides is 1. The maximum absolute atomic E-state index is 13.6. The molecule has 6 nitrogen and oxygen atoms in total. The van der Waals surface area contributed by atoms with E-state index in [-0.39, 0.29) is 16.1 Å². The smallest absolute Gasteiger partial charge is 0.252 e. The van der Waals surface area contributed by atoms with Crippen molar-refractivity contribution in [3.05, 3.63) is 28.0 Å². The van der Waals surface area contributed by atoms with E-state index in [0.29, 0.717) is 26.1 Å². The fourth-order valence-corrected chi connectivity index (χ4v) is 3.13. The lowest BCUT2D eigenvalue weighted by molar-refractivity contribution is 0.0696. The van der Waals surface area contributed by atoms with E-state index in [1.807, 2.05) is 0 Å². The number of nitrogens with one attached hydrogen (secondary N) is 1. The molecule has 1 aromatic carbocycles. The zero-order valence-corrected chi connectivity index (χ0v) is 13.3. The Morgan fingerprint density at radius 2 is 2.00 bits per heavy atom. The van der Waals surface area contributed by atoms with Gasteiger partial charge in [-0.2, -0.15) is 0 Å². The first-order chi connectivity index (χ1) is 9.79. The summed E-state index contributed by atoms with van der Waals surface area (Å²) in [6.07, 6.45) is 1.35. The molecule has 2 rings (SSSR count). The number of sulfonamides is 1. The Bertz CT molecular complexity index is 659. The molecule has 9 heteroatoms. The van der Waals surface area contributed by atoms with Gasteiger partial charge in [0.15, 0.2) is 0 Å². The van der Waals surface area contributed by atoms with Crippen molar-refractivity contribution in [3.63, 3.8) is 0 Å². The summed E-state index contributed by atoms with van der Waals surface area (Å²) in [4.78, 5) is 11.5. The third kappa shape index (κ3) is 4.00. The van der Waals surface area contributed by atoms with Gasteiger partial charge in [0, 0.05) is 23.7 Å². The van der Waals surface area contributed by atoms with Crippen molar-refractivity contribution in [2.75, 3.05) is 13.2 Å². The predicted octanol–water partition coefficient (Wildman–Crippen LogP) is 1.14. The van der Waals surface area contributed by atoms with Crippen LogP contribution in [0.15, 0.2) is 21.5 Å². The summed E-state index contributed by atoms with van der Waals surface area (Å²) in [5.74, 6) is -1.49. The van der Waals surface area contributed by atoms with Gasteiger partial charge in [-0.3, -0.25) is 4.79 Å². The van der Waals surface area contributed by atoms with Gasteiger partial charge in [0.2, 0.25) is 10.0 Å². The predicted molar refractivity (Wildman–Crippen MR) is 76.8 cm³/mol. The van der Waals surface area contributed by atoms with Crippen LogP contribution in [0.1, 0.15) is 23.2 Å². The average Bonchev–Trinajstić information content (AvgIpc) is 2.38. The molecule has 0 spiro atoms. The molecule has 0 saturated carbocycles. The zero-order valence-electron chi connectivity index (χ0n) is 10.9. The molecule has 0 unspecified atom stereocenters. The molecule has 0 bridgehead atoms. The number of benzene rings is 1. The molecule has 1 saturated heterocycles. The summed E-state index contributed by atoms with van der Waals surface area (Å²) in [5, 5.41) is 7.70. The van der Waals surface area contributed by atoms with Crippen LogP contribution in [0.5, 0.6) is 0 Å². The van der Waals surface area contributed by atoms with Crippen molar-refractivity contribution in [2.24, 2.45) is 5.14 Å². The van der Waals surface area contributed by atoms with Crippen LogP contribution in [0.2, 0.25) is 0 Å². The van der Waals surface area contributed by atoms with Crippen LogP contribution in [-0.4, -0.2) is 33.6 Å². The fraction of sp³-hybridized carbons (Fsp3) is 0.417. The molecule has 1 aliphatic heterocycles. The third-order valence-corrected chi connectivity index (χ3v) is 4.71. The Hall–Kier alpha value is -1.03. The number of hydrogen-bond acceptors (Lipinski definition) is 4. The lowest BCUT2D eigenvalue weighted by atomic mass is 10.1. The highest BCUT2D eigenvalue weighted by Gasteiger charge is 2.23. The second-order valence-corrected chi connectivity index (χ2v) is 7.05. The van der Waals surface area contributed by atoms with E-state index >= 15 is 0 Å². The Kier molecular flexibility index (Phi) is 4.97. The number of carbonyl (C=O) groups is 1. The number of amides is 1. The van der Waals surface area contributed by atoms with Crippen molar-refractivity contribution in [2.45, 2.75) is 23.8 Å². The maximum atomic E-state index is 13.6. The minimum Gasteiger partial charge on any atom is -0.381 e. The summed E-state index contributed by atoms with van der Waals surface area (Å²) in [6.45, 7) is 1.11. The van der Waals surface area contributed by atoms with Crippen LogP contribution >= 0.6 is 15.9 Å². The Labute approximate surface area is 130 Å². The van der Waals surface area contributed by atoms with Gasteiger partial charge in [0.1, 0.15) is 10.7 Å². The van der Waals surface area contributed by atoms with E-state index in [9.17, 15) is 17.6 Å². The monoisotopic (exact) mass is 380 g/mol. The van der Waals surface area contributed by atoms with Gasteiger partial charge in [-0.05, 0) is 40.9 Å². The highest BCUT2D eigenvalue weighted by Crippen LogP contribution is 2.24. The van der Waals surface area contributed by atoms with Crippen molar-refractivity contribution < 1.29 is 22.3 Å². The first-order valence-electron chi connectivity index (χ1n) is 6.19. The minimum absolute atomic E-state index is 0.0203. The van der Waals surface area contributed by atoms with Gasteiger partial charge in [-0.25, -0.2) is 17.9 Å². The molecule has 0 atom stereocenters. The van der Waals surface area contributed by atoms with Crippen molar-refractivity contribution in [1.29, 1.82) is 0 Å². The van der Waals surface area contributed by atoms with Gasteiger partial charge in [-0.15, -0.1) is 0 Å². The van der Waals surface area contributed by atoms with E-state index in [2.05, 4.69) is 21.2 Å². The van der Waals surface area contributed by atoms with Crippen LogP contribution in [0.3, 0.4) is 0 Å². The molecule has 0 radical (unpaired) electrons. The molecule has 1 amide bonds. The average molecular weight is 381 g/mol. The third-order valence-electron chi connectivity index (χ3n) is 3.13. The van der Waals surface area contributed by atoms with E-state index in [1.165, 1.54) is 0 Å². The number of rotatable bonds is 3. The topological polar surface area (TPSA) is 98.5 Å². The van der Waals surface area contributed by atoms with E-state index in [0.717, 1.165) is 12.1 Å². The van der Waals surface area contributed by atoms with Crippen LogP contribution < -0.4 is 10.5 Å². The number of hydrogen-bond donors (Lipinski definition) is 2. The molecule has 1 fully saturated rings. The zero-order chi connectivity index (χ0) is 15.6. The Balaban J connectivity index is 2.28. The Morgan fingerprint density at radius 1 is 1.38 bits per heavy atom. The normalized spacial score (nSPS) is 16.7. The van der Waals surface area contributed by atoms with E-state index < -0.39 is 26.6 Å².